The molecule has 2 atom stereocenters. The monoisotopic (exact) mass is 511 g/mol. The van der Waals surface area contributed by atoms with Crippen molar-refractivity contribution in [3.63, 3.8) is 0 Å². The zero-order chi connectivity index (χ0) is 27.8. The second-order valence-corrected chi connectivity index (χ2v) is 10.7. The van der Waals surface area contributed by atoms with Crippen molar-refractivity contribution < 1.29 is 24.2 Å². The standard InChI is InChI=1S/C29H41N3O5/c1-8-29(6,7)32(26(35)23(19-33)31-27(36)37-28(3,4)5)24(22-17-13-12-14-20(22)2)25(34)30-18-21-15-10-9-11-16-21/h9-17,23-24,33H,8,18-19H2,1-7H3,(H,30,34)(H,31,36). The lowest BCUT2D eigenvalue weighted by Gasteiger charge is -2.44. The van der Waals surface area contributed by atoms with Crippen LogP contribution in [0.1, 0.15) is 70.7 Å². The summed E-state index contributed by atoms with van der Waals surface area (Å²) in [6.45, 7) is 12.3. The molecule has 8 nitrogen and oxygen atoms in total. The summed E-state index contributed by atoms with van der Waals surface area (Å²) in [6.07, 6.45) is -0.298. The van der Waals surface area contributed by atoms with Crippen LogP contribution in [0.4, 0.5) is 4.79 Å². The number of benzene rings is 2. The van der Waals surface area contributed by atoms with Crippen LogP contribution >= 0.6 is 0 Å². The quantitative estimate of drug-likeness (QED) is 0.442. The third kappa shape index (κ3) is 8.32. The number of rotatable bonds is 10. The maximum absolute atomic E-state index is 14.0. The molecule has 37 heavy (non-hydrogen) atoms. The summed E-state index contributed by atoms with van der Waals surface area (Å²) in [7, 11) is 0. The van der Waals surface area contributed by atoms with Crippen LogP contribution in [0.3, 0.4) is 0 Å². The molecule has 0 heterocycles. The normalized spacial score (nSPS) is 13.3. The third-order valence-electron chi connectivity index (χ3n) is 6.23. The van der Waals surface area contributed by atoms with Crippen LogP contribution in [0.2, 0.25) is 0 Å². The molecule has 0 saturated carbocycles. The molecule has 0 bridgehead atoms. The SMILES string of the molecule is CCC(C)(C)N(C(=O)C(CO)NC(=O)OC(C)(C)C)C(C(=O)NCc1ccccc1)c1ccccc1C. The molecule has 0 radical (unpaired) electrons. The number of aliphatic hydroxyl groups is 1. The van der Waals surface area contributed by atoms with Gasteiger partial charge in [-0.15, -0.1) is 0 Å². The van der Waals surface area contributed by atoms with Crippen LogP contribution in [0.25, 0.3) is 0 Å². The second kappa shape index (κ2) is 12.7. The minimum atomic E-state index is -1.30. The first-order chi connectivity index (χ1) is 17.3. The molecule has 0 aromatic heterocycles. The Morgan fingerprint density at radius 3 is 2.11 bits per heavy atom. The van der Waals surface area contributed by atoms with Crippen molar-refractivity contribution in [1.82, 2.24) is 15.5 Å². The Bertz CT molecular complexity index is 1060. The second-order valence-electron chi connectivity index (χ2n) is 10.7. The lowest BCUT2D eigenvalue weighted by atomic mass is 9.90. The van der Waals surface area contributed by atoms with E-state index in [1.165, 1.54) is 4.90 Å². The number of hydrogen-bond donors (Lipinski definition) is 3. The highest BCUT2D eigenvalue weighted by molar-refractivity contribution is 5.93. The average molecular weight is 512 g/mol. The molecule has 0 aliphatic heterocycles. The molecule has 3 N–H and O–H groups in total. The highest BCUT2D eigenvalue weighted by atomic mass is 16.6. The van der Waals surface area contributed by atoms with Crippen molar-refractivity contribution >= 4 is 17.9 Å². The van der Waals surface area contributed by atoms with Gasteiger partial charge in [0.05, 0.1) is 6.61 Å². The Balaban J connectivity index is 2.51. The number of carbonyl (C=O) groups is 3. The number of nitrogens with one attached hydrogen (secondary N) is 2. The van der Waals surface area contributed by atoms with Crippen LogP contribution in [0.5, 0.6) is 0 Å². The predicted octanol–water partition coefficient (Wildman–Crippen LogP) is 4.26. The maximum atomic E-state index is 14.0. The lowest BCUT2D eigenvalue weighted by molar-refractivity contribution is -0.150. The Labute approximate surface area is 220 Å². The molecule has 0 spiro atoms. The summed E-state index contributed by atoms with van der Waals surface area (Å²) in [6, 6.07) is 14.6. The third-order valence-corrected chi connectivity index (χ3v) is 6.23. The first-order valence-corrected chi connectivity index (χ1v) is 12.6. The minimum Gasteiger partial charge on any atom is -0.444 e. The van der Waals surface area contributed by atoms with E-state index >= 15 is 0 Å². The molecule has 202 valence electrons. The fourth-order valence-electron chi connectivity index (χ4n) is 3.92. The van der Waals surface area contributed by atoms with Gasteiger partial charge in [0, 0.05) is 12.1 Å². The van der Waals surface area contributed by atoms with Crippen LogP contribution in [-0.4, -0.2) is 51.7 Å². The maximum Gasteiger partial charge on any atom is 0.408 e. The fraction of sp³-hybridized carbons (Fsp3) is 0.483. The Morgan fingerprint density at radius 1 is 0.973 bits per heavy atom. The number of carbonyl (C=O) groups excluding carboxylic acids is 3. The van der Waals surface area contributed by atoms with E-state index in [-0.39, 0.29) is 12.5 Å². The smallest absolute Gasteiger partial charge is 0.408 e. The summed E-state index contributed by atoms with van der Waals surface area (Å²) in [4.78, 5) is 41.8. The Kier molecular flexibility index (Phi) is 10.3. The molecule has 3 amide bonds. The molecular weight excluding hydrogens is 470 g/mol. The van der Waals surface area contributed by atoms with Gasteiger partial charge >= 0.3 is 6.09 Å². The summed E-state index contributed by atoms with van der Waals surface area (Å²) in [5, 5.41) is 15.6. The molecule has 8 heteroatoms. The van der Waals surface area contributed by atoms with Crippen molar-refractivity contribution in [2.45, 2.75) is 84.7 Å². The first kappa shape index (κ1) is 29.8. The number of alkyl carbamates (subject to hydrolysis) is 1. The molecule has 2 rings (SSSR count). The van der Waals surface area contributed by atoms with E-state index in [2.05, 4.69) is 10.6 Å². The molecule has 0 fully saturated rings. The molecule has 0 aliphatic rings. The van der Waals surface area contributed by atoms with Crippen LogP contribution < -0.4 is 10.6 Å². The van der Waals surface area contributed by atoms with Crippen molar-refractivity contribution in [2.24, 2.45) is 0 Å². The van der Waals surface area contributed by atoms with Gasteiger partial charge in [-0.3, -0.25) is 9.59 Å². The fourth-order valence-corrected chi connectivity index (χ4v) is 3.92. The molecule has 2 aromatic rings. The highest BCUT2D eigenvalue weighted by Gasteiger charge is 2.43. The van der Waals surface area contributed by atoms with Crippen LogP contribution in [0.15, 0.2) is 54.6 Å². The summed E-state index contributed by atoms with van der Waals surface area (Å²) >= 11 is 0. The van der Waals surface area contributed by atoms with Gasteiger partial charge in [-0.25, -0.2) is 4.79 Å². The van der Waals surface area contributed by atoms with E-state index < -0.39 is 41.8 Å². The van der Waals surface area contributed by atoms with Gasteiger partial charge in [0.1, 0.15) is 17.7 Å². The van der Waals surface area contributed by atoms with Crippen molar-refractivity contribution in [2.75, 3.05) is 6.61 Å². The van der Waals surface area contributed by atoms with Gasteiger partial charge in [0.25, 0.3) is 0 Å². The first-order valence-electron chi connectivity index (χ1n) is 12.6. The summed E-state index contributed by atoms with van der Waals surface area (Å²) in [5.41, 5.74) is 0.852. The average Bonchev–Trinajstić information content (AvgIpc) is 2.84. The van der Waals surface area contributed by atoms with Gasteiger partial charge in [-0.1, -0.05) is 61.5 Å². The van der Waals surface area contributed by atoms with E-state index in [0.717, 1.165) is 11.1 Å². The van der Waals surface area contributed by atoms with Gasteiger partial charge in [-0.05, 0) is 64.7 Å². The summed E-state index contributed by atoms with van der Waals surface area (Å²) in [5.74, 6) is -0.940. The largest absolute Gasteiger partial charge is 0.444 e. The van der Waals surface area contributed by atoms with Crippen molar-refractivity contribution in [3.05, 3.63) is 71.3 Å². The summed E-state index contributed by atoms with van der Waals surface area (Å²) < 4.78 is 5.30. The van der Waals surface area contributed by atoms with E-state index in [9.17, 15) is 19.5 Å². The Hall–Kier alpha value is -3.39. The highest BCUT2D eigenvalue weighted by Crippen LogP contribution is 2.33. The zero-order valence-corrected chi connectivity index (χ0v) is 23.0. The van der Waals surface area contributed by atoms with Gasteiger partial charge in [0.2, 0.25) is 11.8 Å². The van der Waals surface area contributed by atoms with Crippen molar-refractivity contribution in [1.29, 1.82) is 0 Å². The van der Waals surface area contributed by atoms with E-state index in [0.29, 0.717) is 12.0 Å². The lowest BCUT2D eigenvalue weighted by Crippen LogP contribution is -2.60. The topological polar surface area (TPSA) is 108 Å². The molecule has 2 aromatic carbocycles. The van der Waals surface area contributed by atoms with Crippen molar-refractivity contribution in [3.8, 4) is 0 Å². The van der Waals surface area contributed by atoms with Gasteiger partial charge < -0.3 is 25.4 Å². The van der Waals surface area contributed by atoms with Crippen LogP contribution in [-0.2, 0) is 20.9 Å². The van der Waals surface area contributed by atoms with Gasteiger partial charge in [0.15, 0.2) is 0 Å². The number of aliphatic hydroxyl groups excluding tert-OH is 1. The van der Waals surface area contributed by atoms with E-state index in [4.69, 9.17) is 4.74 Å². The number of amides is 3. The number of aryl methyl sites for hydroxylation is 1. The molecule has 0 saturated heterocycles. The molecule has 2 unspecified atom stereocenters. The van der Waals surface area contributed by atoms with E-state index in [1.54, 1.807) is 20.8 Å². The van der Waals surface area contributed by atoms with Gasteiger partial charge in [-0.2, -0.15) is 0 Å². The Morgan fingerprint density at radius 2 is 1.57 bits per heavy atom. The predicted molar refractivity (Wildman–Crippen MR) is 144 cm³/mol. The molecular formula is C29H41N3O5. The minimum absolute atomic E-state index is 0.288. The number of ether oxygens (including phenoxy) is 1. The van der Waals surface area contributed by atoms with Crippen LogP contribution in [0, 0.1) is 6.92 Å². The molecule has 0 aliphatic carbocycles. The van der Waals surface area contributed by atoms with E-state index in [1.807, 2.05) is 82.3 Å². The number of hydrogen-bond acceptors (Lipinski definition) is 5. The zero-order valence-electron chi connectivity index (χ0n) is 23.0. The number of nitrogens with zero attached hydrogens (tertiary/aromatic N) is 1.